The molecule has 0 aromatic carbocycles. The lowest BCUT2D eigenvalue weighted by Crippen LogP contribution is -2.52. The minimum atomic E-state index is -0.664. The van der Waals surface area contributed by atoms with Crippen molar-refractivity contribution in [2.45, 2.75) is 70.4 Å². The quantitative estimate of drug-likeness (QED) is 0.786. The Balaban J connectivity index is 1.91. The predicted octanol–water partition coefficient (Wildman–Crippen LogP) is 2.48. The molecule has 20 heavy (non-hydrogen) atoms. The zero-order valence-corrected chi connectivity index (χ0v) is 13.0. The Bertz CT molecular complexity index is 326. The maximum atomic E-state index is 11.7. The number of nitrogens with one attached hydrogen (secondary N) is 1. The minimum absolute atomic E-state index is 0.466. The van der Waals surface area contributed by atoms with Crippen LogP contribution in [-0.2, 0) is 4.79 Å². The zero-order chi connectivity index (χ0) is 14.6. The lowest BCUT2D eigenvalue weighted by Gasteiger charge is -2.36. The Morgan fingerprint density at radius 3 is 2.55 bits per heavy atom. The van der Waals surface area contributed by atoms with Gasteiger partial charge in [-0.15, -0.1) is 0 Å². The van der Waals surface area contributed by atoms with Gasteiger partial charge in [0.15, 0.2) is 0 Å². The van der Waals surface area contributed by atoms with Crippen molar-refractivity contribution in [3.8, 4) is 0 Å². The summed E-state index contributed by atoms with van der Waals surface area (Å²) in [5.41, 5.74) is -0.664. The van der Waals surface area contributed by atoms with Gasteiger partial charge in [-0.1, -0.05) is 20.3 Å². The van der Waals surface area contributed by atoms with E-state index in [0.717, 1.165) is 51.2 Å². The number of carbonyl (C=O) groups is 1. The number of likely N-dealkylation sites (tertiary alicyclic amines) is 1. The Labute approximate surface area is 122 Å². The normalized spacial score (nSPS) is 32.6. The topological polar surface area (TPSA) is 52.6 Å². The molecular formula is C16H30N2O2. The lowest BCUT2D eigenvalue weighted by molar-refractivity contribution is -0.144. The standard InChI is InChI=1S/C16H30N2O2/c1-3-9-17-16(15(19)20)8-5-14(12-16)18-10-6-13(4-2)7-11-18/h13-14,17H,3-12H2,1-2H3,(H,19,20). The number of aliphatic carboxylic acids is 1. The molecule has 2 atom stereocenters. The van der Waals surface area contributed by atoms with E-state index in [0.29, 0.717) is 6.04 Å². The van der Waals surface area contributed by atoms with Gasteiger partial charge in [-0.2, -0.15) is 0 Å². The van der Waals surface area contributed by atoms with Gasteiger partial charge in [-0.05, 0) is 64.1 Å². The van der Waals surface area contributed by atoms with Crippen molar-refractivity contribution in [1.82, 2.24) is 10.2 Å². The van der Waals surface area contributed by atoms with E-state index in [9.17, 15) is 9.90 Å². The maximum Gasteiger partial charge on any atom is 0.323 e. The Morgan fingerprint density at radius 1 is 1.30 bits per heavy atom. The van der Waals surface area contributed by atoms with Gasteiger partial charge in [-0.25, -0.2) is 0 Å². The van der Waals surface area contributed by atoms with E-state index in [2.05, 4.69) is 24.1 Å². The molecule has 0 radical (unpaired) electrons. The monoisotopic (exact) mass is 282 g/mol. The molecule has 2 aliphatic rings. The van der Waals surface area contributed by atoms with Crippen molar-refractivity contribution in [2.75, 3.05) is 19.6 Å². The summed E-state index contributed by atoms with van der Waals surface area (Å²) in [7, 11) is 0. The lowest BCUT2D eigenvalue weighted by atomic mass is 9.92. The van der Waals surface area contributed by atoms with Gasteiger partial charge in [0.2, 0.25) is 0 Å². The number of piperidine rings is 1. The van der Waals surface area contributed by atoms with Gasteiger partial charge in [0, 0.05) is 6.04 Å². The fraction of sp³-hybridized carbons (Fsp3) is 0.938. The first-order chi connectivity index (χ1) is 9.61. The highest BCUT2D eigenvalue weighted by Crippen LogP contribution is 2.35. The van der Waals surface area contributed by atoms with Crippen LogP contribution in [0.4, 0.5) is 0 Å². The minimum Gasteiger partial charge on any atom is -0.480 e. The third kappa shape index (κ3) is 3.34. The van der Waals surface area contributed by atoms with E-state index < -0.39 is 11.5 Å². The van der Waals surface area contributed by atoms with Gasteiger partial charge < -0.3 is 15.3 Å². The number of rotatable bonds is 6. The van der Waals surface area contributed by atoms with E-state index in [4.69, 9.17) is 0 Å². The fourth-order valence-corrected chi connectivity index (χ4v) is 3.85. The fourth-order valence-electron chi connectivity index (χ4n) is 3.85. The summed E-state index contributed by atoms with van der Waals surface area (Å²) in [6.07, 6.45) is 7.43. The second-order valence-corrected chi connectivity index (χ2v) is 6.60. The Morgan fingerprint density at radius 2 is 2.00 bits per heavy atom. The van der Waals surface area contributed by atoms with Crippen molar-refractivity contribution < 1.29 is 9.90 Å². The van der Waals surface area contributed by atoms with Crippen molar-refractivity contribution in [2.24, 2.45) is 5.92 Å². The van der Waals surface area contributed by atoms with E-state index >= 15 is 0 Å². The van der Waals surface area contributed by atoms with E-state index in [1.807, 2.05) is 0 Å². The summed E-state index contributed by atoms with van der Waals surface area (Å²) < 4.78 is 0. The summed E-state index contributed by atoms with van der Waals surface area (Å²) in [5.74, 6) is 0.229. The maximum absolute atomic E-state index is 11.7. The highest BCUT2D eigenvalue weighted by atomic mass is 16.4. The number of carboxylic acids is 1. The third-order valence-electron chi connectivity index (χ3n) is 5.35. The molecule has 2 fully saturated rings. The highest BCUT2D eigenvalue weighted by Gasteiger charge is 2.46. The molecule has 4 nitrogen and oxygen atoms in total. The van der Waals surface area contributed by atoms with Crippen LogP contribution in [0.5, 0.6) is 0 Å². The summed E-state index contributed by atoms with van der Waals surface area (Å²) in [5, 5.41) is 12.9. The van der Waals surface area contributed by atoms with Gasteiger partial charge >= 0.3 is 5.97 Å². The third-order valence-corrected chi connectivity index (χ3v) is 5.35. The molecule has 1 heterocycles. The molecule has 1 aliphatic heterocycles. The van der Waals surface area contributed by atoms with Crippen molar-refractivity contribution in [1.29, 1.82) is 0 Å². The van der Waals surface area contributed by atoms with Crippen LogP contribution in [0.15, 0.2) is 0 Å². The van der Waals surface area contributed by atoms with Gasteiger partial charge in [0.25, 0.3) is 0 Å². The summed E-state index contributed by atoms with van der Waals surface area (Å²) in [6.45, 7) is 7.49. The summed E-state index contributed by atoms with van der Waals surface area (Å²) in [4.78, 5) is 14.2. The molecule has 0 amide bonds. The number of hydrogen-bond donors (Lipinski definition) is 2. The molecule has 4 heteroatoms. The van der Waals surface area contributed by atoms with E-state index in [1.54, 1.807) is 0 Å². The smallest absolute Gasteiger partial charge is 0.323 e. The van der Waals surface area contributed by atoms with E-state index in [1.165, 1.54) is 19.3 Å². The van der Waals surface area contributed by atoms with E-state index in [-0.39, 0.29) is 0 Å². The molecule has 0 aromatic heterocycles. The number of nitrogens with zero attached hydrogens (tertiary/aromatic N) is 1. The molecule has 0 aromatic rings. The Kier molecular flexibility index (Phi) is 5.44. The molecule has 2 rings (SSSR count). The van der Waals surface area contributed by atoms with Crippen molar-refractivity contribution >= 4 is 5.97 Å². The second-order valence-electron chi connectivity index (χ2n) is 6.60. The van der Waals surface area contributed by atoms with Crippen LogP contribution in [0.2, 0.25) is 0 Å². The zero-order valence-electron chi connectivity index (χ0n) is 13.0. The van der Waals surface area contributed by atoms with Crippen LogP contribution < -0.4 is 5.32 Å². The summed E-state index contributed by atoms with van der Waals surface area (Å²) in [6, 6.07) is 0.466. The average molecular weight is 282 g/mol. The van der Waals surface area contributed by atoms with Gasteiger partial charge in [-0.3, -0.25) is 4.79 Å². The molecular weight excluding hydrogens is 252 g/mol. The SMILES string of the molecule is CCCNC1(C(=O)O)CCC(N2CCC(CC)CC2)C1. The Hall–Kier alpha value is -0.610. The van der Waals surface area contributed by atoms with Gasteiger partial charge in [0.1, 0.15) is 5.54 Å². The van der Waals surface area contributed by atoms with Crippen LogP contribution in [0.1, 0.15) is 58.8 Å². The molecule has 1 saturated heterocycles. The molecule has 1 saturated carbocycles. The first kappa shape index (κ1) is 15.8. The molecule has 2 unspecified atom stereocenters. The molecule has 1 aliphatic carbocycles. The average Bonchev–Trinajstić information content (AvgIpc) is 2.91. The number of carboxylic acid groups (broad SMARTS) is 1. The second kappa shape index (κ2) is 6.90. The first-order valence-corrected chi connectivity index (χ1v) is 8.33. The van der Waals surface area contributed by atoms with Crippen molar-refractivity contribution in [3.05, 3.63) is 0 Å². The van der Waals surface area contributed by atoms with Crippen LogP contribution in [0.25, 0.3) is 0 Å². The van der Waals surface area contributed by atoms with Gasteiger partial charge in [0.05, 0.1) is 0 Å². The van der Waals surface area contributed by atoms with Crippen LogP contribution >= 0.6 is 0 Å². The van der Waals surface area contributed by atoms with Crippen LogP contribution in [-0.4, -0.2) is 47.2 Å². The molecule has 0 spiro atoms. The predicted molar refractivity (Wildman–Crippen MR) is 80.9 cm³/mol. The molecule has 2 N–H and O–H groups in total. The highest BCUT2D eigenvalue weighted by molar-refractivity contribution is 5.79. The largest absolute Gasteiger partial charge is 0.480 e. The van der Waals surface area contributed by atoms with Crippen LogP contribution in [0, 0.1) is 5.92 Å². The number of hydrogen-bond acceptors (Lipinski definition) is 3. The van der Waals surface area contributed by atoms with Crippen molar-refractivity contribution in [3.63, 3.8) is 0 Å². The molecule has 116 valence electrons. The van der Waals surface area contributed by atoms with Crippen LogP contribution in [0.3, 0.4) is 0 Å². The summed E-state index contributed by atoms with van der Waals surface area (Å²) >= 11 is 0. The first-order valence-electron chi connectivity index (χ1n) is 8.33. The molecule has 0 bridgehead atoms.